The monoisotopic (exact) mass is 202 g/mol. The smallest absolute Gasteiger partial charge is 0.0400 e. The van der Waals surface area contributed by atoms with Gasteiger partial charge < -0.3 is 10.6 Å². The zero-order valence-electron chi connectivity index (χ0n) is 9.24. The van der Waals surface area contributed by atoms with Crippen molar-refractivity contribution in [3.63, 3.8) is 0 Å². The lowest BCUT2D eigenvalue weighted by Crippen LogP contribution is -2.32. The van der Waals surface area contributed by atoms with E-state index in [1.54, 1.807) is 0 Å². The summed E-state index contributed by atoms with van der Waals surface area (Å²) in [4.78, 5) is 2.59. The molecule has 80 valence electrons. The van der Waals surface area contributed by atoms with Crippen molar-refractivity contribution in [1.82, 2.24) is 0 Å². The number of nitrogens with two attached hydrogens (primary N) is 1. The zero-order valence-corrected chi connectivity index (χ0v) is 9.24. The minimum absolute atomic E-state index is 0.803. The molecule has 1 aromatic carbocycles. The summed E-state index contributed by atoms with van der Waals surface area (Å²) in [5.41, 5.74) is 9.38. The molecule has 0 aromatic heterocycles. The van der Waals surface area contributed by atoms with E-state index in [2.05, 4.69) is 24.0 Å². The van der Waals surface area contributed by atoms with Crippen molar-refractivity contribution in [3.05, 3.63) is 23.8 Å². The highest BCUT2D eigenvalue weighted by molar-refractivity contribution is 5.60. The molecule has 2 nitrogen and oxygen atoms in total. The summed E-state index contributed by atoms with van der Waals surface area (Å²) >= 11 is 0. The predicted molar refractivity (Wildman–Crippen MR) is 64.1 cm³/mol. The zero-order chi connectivity index (χ0) is 10.4. The number of benzene rings is 1. The Labute approximate surface area is 91.1 Å². The van der Waals surface area contributed by atoms with Gasteiger partial charge in [-0.2, -0.15) is 0 Å². The average molecular weight is 202 g/mol. The molecule has 0 amide bonds. The number of hydrogen-bond acceptors (Lipinski definition) is 2. The van der Waals surface area contributed by atoms with Gasteiger partial charge in [0.1, 0.15) is 0 Å². The SMILES string of the molecule is Cc1cc(N)ccc1N1CC2CCC1C2. The van der Waals surface area contributed by atoms with E-state index >= 15 is 0 Å². The highest BCUT2D eigenvalue weighted by Gasteiger charge is 2.38. The Morgan fingerprint density at radius 3 is 2.80 bits per heavy atom. The van der Waals surface area contributed by atoms with E-state index in [9.17, 15) is 0 Å². The normalized spacial score (nSPS) is 28.7. The number of fused-ring (bicyclic) bond motifs is 2. The molecule has 1 saturated carbocycles. The molecular weight excluding hydrogens is 184 g/mol. The third-order valence-electron chi connectivity index (χ3n) is 3.94. The fourth-order valence-corrected chi connectivity index (χ4v) is 3.22. The molecule has 2 heteroatoms. The Hall–Kier alpha value is -1.18. The first-order valence-electron chi connectivity index (χ1n) is 5.87. The van der Waals surface area contributed by atoms with Crippen LogP contribution in [0.3, 0.4) is 0 Å². The van der Waals surface area contributed by atoms with Gasteiger partial charge in [0.25, 0.3) is 0 Å². The number of aryl methyl sites for hydroxylation is 1. The Bertz CT molecular complexity index is 386. The molecule has 0 radical (unpaired) electrons. The lowest BCUT2D eigenvalue weighted by Gasteiger charge is -2.30. The van der Waals surface area contributed by atoms with Crippen LogP contribution in [0.4, 0.5) is 11.4 Å². The Morgan fingerprint density at radius 1 is 1.33 bits per heavy atom. The fourth-order valence-electron chi connectivity index (χ4n) is 3.22. The number of hydrogen-bond donors (Lipinski definition) is 1. The maximum Gasteiger partial charge on any atom is 0.0400 e. The van der Waals surface area contributed by atoms with Crippen LogP contribution in [0.25, 0.3) is 0 Å². The molecule has 1 heterocycles. The number of piperidine rings is 1. The van der Waals surface area contributed by atoms with Gasteiger partial charge in [-0.3, -0.25) is 0 Å². The molecule has 1 aliphatic heterocycles. The van der Waals surface area contributed by atoms with Crippen molar-refractivity contribution in [2.24, 2.45) is 5.92 Å². The first kappa shape index (κ1) is 9.08. The summed E-state index contributed by atoms with van der Waals surface area (Å²) in [6, 6.07) is 7.10. The Balaban J connectivity index is 1.93. The van der Waals surface area contributed by atoms with Gasteiger partial charge in [0, 0.05) is 24.0 Å². The van der Waals surface area contributed by atoms with Crippen LogP contribution in [0.1, 0.15) is 24.8 Å². The third-order valence-corrected chi connectivity index (χ3v) is 3.94. The average Bonchev–Trinajstić information content (AvgIpc) is 2.78. The lowest BCUT2D eigenvalue weighted by molar-refractivity contribution is 0.553. The molecule has 2 unspecified atom stereocenters. The van der Waals surface area contributed by atoms with Gasteiger partial charge in [-0.1, -0.05) is 0 Å². The molecule has 2 N–H and O–H groups in total. The second-order valence-corrected chi connectivity index (χ2v) is 5.03. The molecule has 2 bridgehead atoms. The van der Waals surface area contributed by atoms with Crippen molar-refractivity contribution < 1.29 is 0 Å². The van der Waals surface area contributed by atoms with Crippen molar-refractivity contribution in [2.75, 3.05) is 17.2 Å². The van der Waals surface area contributed by atoms with E-state index in [1.807, 2.05) is 6.07 Å². The summed E-state index contributed by atoms with van der Waals surface area (Å²) in [5.74, 6) is 0.951. The van der Waals surface area contributed by atoms with Gasteiger partial charge in [0.05, 0.1) is 0 Å². The molecule has 3 rings (SSSR count). The van der Waals surface area contributed by atoms with E-state index < -0.39 is 0 Å². The van der Waals surface area contributed by atoms with Gasteiger partial charge in [-0.25, -0.2) is 0 Å². The van der Waals surface area contributed by atoms with Crippen LogP contribution in [-0.4, -0.2) is 12.6 Å². The lowest BCUT2D eigenvalue weighted by atomic mass is 10.1. The quantitative estimate of drug-likeness (QED) is 0.709. The maximum absolute atomic E-state index is 5.78. The van der Waals surface area contributed by atoms with Crippen molar-refractivity contribution in [1.29, 1.82) is 0 Å². The summed E-state index contributed by atoms with van der Waals surface area (Å²) in [5, 5.41) is 0. The highest BCUT2D eigenvalue weighted by Crippen LogP contribution is 2.41. The minimum Gasteiger partial charge on any atom is -0.399 e. The van der Waals surface area contributed by atoms with Gasteiger partial charge in [0.15, 0.2) is 0 Å². The van der Waals surface area contributed by atoms with E-state index in [0.717, 1.165) is 17.6 Å². The molecular formula is C13H18N2. The summed E-state index contributed by atoms with van der Waals surface area (Å²) in [6.07, 6.45) is 4.23. The van der Waals surface area contributed by atoms with Gasteiger partial charge in [-0.05, 0) is 55.9 Å². The second kappa shape index (κ2) is 3.16. The van der Waals surface area contributed by atoms with Gasteiger partial charge >= 0.3 is 0 Å². The van der Waals surface area contributed by atoms with Crippen molar-refractivity contribution in [3.8, 4) is 0 Å². The number of rotatable bonds is 1. The molecule has 15 heavy (non-hydrogen) atoms. The molecule has 1 saturated heterocycles. The molecule has 2 aliphatic rings. The predicted octanol–water partition coefficient (Wildman–Crippen LogP) is 2.57. The van der Waals surface area contributed by atoms with Crippen LogP contribution in [0, 0.1) is 12.8 Å². The number of nitrogen functional groups attached to an aromatic ring is 1. The fraction of sp³-hybridized carbons (Fsp3) is 0.538. The first-order chi connectivity index (χ1) is 7.24. The maximum atomic E-state index is 5.78. The molecule has 1 aromatic rings. The second-order valence-electron chi connectivity index (χ2n) is 5.03. The number of nitrogens with zero attached hydrogens (tertiary/aromatic N) is 1. The summed E-state index contributed by atoms with van der Waals surface area (Å²) in [7, 11) is 0. The van der Waals surface area contributed by atoms with E-state index in [-0.39, 0.29) is 0 Å². The molecule has 1 aliphatic carbocycles. The van der Waals surface area contributed by atoms with E-state index in [1.165, 1.54) is 37.1 Å². The highest BCUT2D eigenvalue weighted by atomic mass is 15.2. The van der Waals surface area contributed by atoms with Crippen LogP contribution < -0.4 is 10.6 Å². The largest absolute Gasteiger partial charge is 0.399 e. The Kier molecular flexibility index (Phi) is 1.91. The summed E-state index contributed by atoms with van der Waals surface area (Å²) < 4.78 is 0. The van der Waals surface area contributed by atoms with Crippen LogP contribution >= 0.6 is 0 Å². The molecule has 0 spiro atoms. The van der Waals surface area contributed by atoms with Gasteiger partial charge in [0.2, 0.25) is 0 Å². The summed E-state index contributed by atoms with van der Waals surface area (Å²) in [6.45, 7) is 3.42. The topological polar surface area (TPSA) is 29.3 Å². The third kappa shape index (κ3) is 1.39. The standard InChI is InChI=1S/C13H18N2/c1-9-6-11(14)3-5-13(9)15-8-10-2-4-12(15)7-10/h3,5-6,10,12H,2,4,7-8,14H2,1H3. The minimum atomic E-state index is 0.803. The Morgan fingerprint density at radius 2 is 2.20 bits per heavy atom. The van der Waals surface area contributed by atoms with Crippen molar-refractivity contribution >= 4 is 11.4 Å². The number of anilines is 2. The van der Waals surface area contributed by atoms with Crippen LogP contribution in [-0.2, 0) is 0 Å². The van der Waals surface area contributed by atoms with Crippen LogP contribution in [0.5, 0.6) is 0 Å². The van der Waals surface area contributed by atoms with Crippen LogP contribution in [0.15, 0.2) is 18.2 Å². The molecule has 2 fully saturated rings. The van der Waals surface area contributed by atoms with Crippen molar-refractivity contribution in [2.45, 2.75) is 32.2 Å². The first-order valence-corrected chi connectivity index (χ1v) is 5.87. The van der Waals surface area contributed by atoms with E-state index in [0.29, 0.717) is 0 Å². The van der Waals surface area contributed by atoms with Crippen LogP contribution in [0.2, 0.25) is 0 Å². The molecule has 2 atom stereocenters. The van der Waals surface area contributed by atoms with Gasteiger partial charge in [-0.15, -0.1) is 0 Å². The van der Waals surface area contributed by atoms with E-state index in [4.69, 9.17) is 5.73 Å².